The van der Waals surface area contributed by atoms with Crippen LogP contribution < -0.4 is 10.1 Å². The lowest BCUT2D eigenvalue weighted by Gasteiger charge is -2.16. The van der Waals surface area contributed by atoms with Crippen LogP contribution in [0.4, 0.5) is 5.82 Å². The van der Waals surface area contributed by atoms with E-state index in [1.54, 1.807) is 6.33 Å². The molecule has 2 fully saturated rings. The molecule has 1 saturated heterocycles. The summed E-state index contributed by atoms with van der Waals surface area (Å²) < 4.78 is 5.51. The van der Waals surface area contributed by atoms with Gasteiger partial charge in [0.15, 0.2) is 0 Å². The van der Waals surface area contributed by atoms with Crippen molar-refractivity contribution < 1.29 is 4.74 Å². The molecule has 1 saturated carbocycles. The summed E-state index contributed by atoms with van der Waals surface area (Å²) in [6.45, 7) is 8.12. The summed E-state index contributed by atoms with van der Waals surface area (Å²) >= 11 is 0. The van der Waals surface area contributed by atoms with E-state index in [1.807, 2.05) is 13.8 Å². The normalized spacial score (nSPS) is 23.0. The highest BCUT2D eigenvalue weighted by Gasteiger charge is 2.34. The van der Waals surface area contributed by atoms with Crippen molar-refractivity contribution in [3.63, 3.8) is 0 Å². The lowest BCUT2D eigenvalue weighted by molar-refractivity contribution is 0.316. The van der Waals surface area contributed by atoms with Crippen molar-refractivity contribution in [3.8, 4) is 5.88 Å². The molecule has 1 unspecified atom stereocenters. The topological polar surface area (TPSA) is 50.3 Å². The predicted octanol–water partition coefficient (Wildman–Crippen LogP) is 2.08. The SMILES string of the molecule is CCOc1ncnc(NCC2CCN(C3CC3)C2)c1C. The fourth-order valence-electron chi connectivity index (χ4n) is 2.94. The minimum atomic E-state index is 0.635. The van der Waals surface area contributed by atoms with Crippen LogP contribution in [-0.2, 0) is 0 Å². The van der Waals surface area contributed by atoms with Gasteiger partial charge < -0.3 is 15.0 Å². The Bertz CT molecular complexity index is 461. The Morgan fingerprint density at radius 1 is 1.35 bits per heavy atom. The van der Waals surface area contributed by atoms with Crippen LogP contribution in [0.2, 0.25) is 0 Å². The van der Waals surface area contributed by atoms with Crippen LogP contribution in [-0.4, -0.2) is 47.2 Å². The van der Waals surface area contributed by atoms with E-state index in [1.165, 1.54) is 32.4 Å². The number of ether oxygens (including phenoxy) is 1. The fraction of sp³-hybridized carbons (Fsp3) is 0.733. The lowest BCUT2D eigenvalue weighted by Crippen LogP contribution is -2.25. The van der Waals surface area contributed by atoms with Crippen LogP contribution in [0.1, 0.15) is 31.7 Å². The standard InChI is InChI=1S/C15H24N4O/c1-3-20-15-11(2)14(17-10-18-15)16-8-12-6-7-19(9-12)13-4-5-13/h10,12-13H,3-9H2,1-2H3,(H,16,17,18). The van der Waals surface area contributed by atoms with Gasteiger partial charge in [-0.05, 0) is 45.6 Å². The van der Waals surface area contributed by atoms with E-state index < -0.39 is 0 Å². The van der Waals surface area contributed by atoms with Gasteiger partial charge in [-0.3, -0.25) is 0 Å². The first-order chi connectivity index (χ1) is 9.78. The van der Waals surface area contributed by atoms with Crippen molar-refractivity contribution in [1.29, 1.82) is 0 Å². The second kappa shape index (κ2) is 5.95. The molecule has 20 heavy (non-hydrogen) atoms. The maximum Gasteiger partial charge on any atom is 0.221 e. The maximum absolute atomic E-state index is 5.51. The Labute approximate surface area is 120 Å². The van der Waals surface area contributed by atoms with Crippen LogP contribution in [0.5, 0.6) is 5.88 Å². The van der Waals surface area contributed by atoms with E-state index >= 15 is 0 Å². The van der Waals surface area contributed by atoms with Crippen molar-refractivity contribution in [3.05, 3.63) is 11.9 Å². The molecule has 1 aromatic rings. The van der Waals surface area contributed by atoms with Crippen LogP contribution >= 0.6 is 0 Å². The Morgan fingerprint density at radius 2 is 2.20 bits per heavy atom. The monoisotopic (exact) mass is 276 g/mol. The first kappa shape index (κ1) is 13.6. The zero-order valence-corrected chi connectivity index (χ0v) is 12.4. The van der Waals surface area contributed by atoms with Crippen molar-refractivity contribution in [2.24, 2.45) is 5.92 Å². The zero-order valence-electron chi connectivity index (χ0n) is 12.4. The molecule has 1 aromatic heterocycles. The third-order valence-corrected chi connectivity index (χ3v) is 4.26. The number of hydrogen-bond donors (Lipinski definition) is 1. The Kier molecular flexibility index (Phi) is 4.05. The van der Waals surface area contributed by atoms with E-state index in [-0.39, 0.29) is 0 Å². The third kappa shape index (κ3) is 3.03. The van der Waals surface area contributed by atoms with Gasteiger partial charge in [0.1, 0.15) is 12.1 Å². The Morgan fingerprint density at radius 3 is 2.95 bits per heavy atom. The summed E-state index contributed by atoms with van der Waals surface area (Å²) in [5.74, 6) is 2.34. The van der Waals surface area contributed by atoms with E-state index in [0.29, 0.717) is 12.5 Å². The van der Waals surface area contributed by atoms with Gasteiger partial charge >= 0.3 is 0 Å². The number of nitrogens with one attached hydrogen (secondary N) is 1. The summed E-state index contributed by atoms with van der Waals surface area (Å²) in [5.41, 5.74) is 1.01. The highest BCUT2D eigenvalue weighted by atomic mass is 16.5. The Balaban J connectivity index is 1.54. The molecule has 0 radical (unpaired) electrons. The first-order valence-corrected chi connectivity index (χ1v) is 7.70. The van der Waals surface area contributed by atoms with Crippen molar-refractivity contribution in [1.82, 2.24) is 14.9 Å². The molecule has 2 heterocycles. The summed E-state index contributed by atoms with van der Waals surface area (Å²) in [7, 11) is 0. The molecule has 0 aromatic carbocycles. The predicted molar refractivity (Wildman–Crippen MR) is 79.1 cm³/mol. The summed E-state index contributed by atoms with van der Waals surface area (Å²) in [5, 5.41) is 3.48. The zero-order chi connectivity index (χ0) is 13.9. The summed E-state index contributed by atoms with van der Waals surface area (Å²) in [6.07, 6.45) is 5.68. The minimum absolute atomic E-state index is 0.635. The number of rotatable bonds is 6. The molecule has 1 atom stereocenters. The number of likely N-dealkylation sites (tertiary alicyclic amines) is 1. The number of nitrogens with zero attached hydrogens (tertiary/aromatic N) is 3. The molecule has 1 aliphatic carbocycles. The molecule has 0 spiro atoms. The second-order valence-corrected chi connectivity index (χ2v) is 5.85. The van der Waals surface area contributed by atoms with Crippen molar-refractivity contribution in [2.75, 3.05) is 31.6 Å². The summed E-state index contributed by atoms with van der Waals surface area (Å²) in [6, 6.07) is 0.894. The van der Waals surface area contributed by atoms with E-state index in [2.05, 4.69) is 20.2 Å². The van der Waals surface area contributed by atoms with Gasteiger partial charge in [0.2, 0.25) is 5.88 Å². The summed E-state index contributed by atoms with van der Waals surface area (Å²) in [4.78, 5) is 11.1. The molecule has 110 valence electrons. The smallest absolute Gasteiger partial charge is 0.221 e. The molecule has 1 aliphatic heterocycles. The van der Waals surface area contributed by atoms with Gasteiger partial charge in [0.25, 0.3) is 0 Å². The second-order valence-electron chi connectivity index (χ2n) is 5.85. The van der Waals surface area contributed by atoms with Gasteiger partial charge in [0, 0.05) is 19.1 Å². The number of hydrogen-bond acceptors (Lipinski definition) is 5. The average Bonchev–Trinajstić information content (AvgIpc) is 3.20. The quantitative estimate of drug-likeness (QED) is 0.862. The lowest BCUT2D eigenvalue weighted by atomic mass is 10.1. The van der Waals surface area contributed by atoms with Crippen LogP contribution in [0.15, 0.2) is 6.33 Å². The highest BCUT2D eigenvalue weighted by molar-refractivity contribution is 5.47. The van der Waals surface area contributed by atoms with E-state index in [9.17, 15) is 0 Å². The molecule has 1 N–H and O–H groups in total. The molecule has 3 rings (SSSR count). The van der Waals surface area contributed by atoms with E-state index in [0.717, 1.165) is 29.9 Å². The van der Waals surface area contributed by atoms with Crippen LogP contribution in [0.3, 0.4) is 0 Å². The van der Waals surface area contributed by atoms with Gasteiger partial charge in [-0.2, -0.15) is 0 Å². The maximum atomic E-state index is 5.51. The molecule has 5 heteroatoms. The highest BCUT2D eigenvalue weighted by Crippen LogP contribution is 2.31. The number of anilines is 1. The minimum Gasteiger partial charge on any atom is -0.478 e. The number of aromatic nitrogens is 2. The average molecular weight is 276 g/mol. The molecule has 0 amide bonds. The molecular formula is C15H24N4O. The van der Waals surface area contributed by atoms with Crippen molar-refractivity contribution >= 4 is 5.82 Å². The van der Waals surface area contributed by atoms with Gasteiger partial charge in [-0.1, -0.05) is 0 Å². The fourth-order valence-corrected chi connectivity index (χ4v) is 2.94. The van der Waals surface area contributed by atoms with Crippen LogP contribution in [0, 0.1) is 12.8 Å². The molecule has 0 bridgehead atoms. The molecule has 5 nitrogen and oxygen atoms in total. The third-order valence-electron chi connectivity index (χ3n) is 4.26. The van der Waals surface area contributed by atoms with Gasteiger partial charge in [0.05, 0.1) is 12.2 Å². The Hall–Kier alpha value is -1.36. The van der Waals surface area contributed by atoms with Crippen molar-refractivity contribution in [2.45, 2.75) is 39.2 Å². The van der Waals surface area contributed by atoms with E-state index in [4.69, 9.17) is 4.74 Å². The first-order valence-electron chi connectivity index (χ1n) is 7.70. The van der Waals surface area contributed by atoms with Gasteiger partial charge in [-0.15, -0.1) is 0 Å². The molecular weight excluding hydrogens is 252 g/mol. The van der Waals surface area contributed by atoms with Crippen LogP contribution in [0.25, 0.3) is 0 Å². The largest absolute Gasteiger partial charge is 0.478 e. The molecule has 2 aliphatic rings. The van der Waals surface area contributed by atoms with Gasteiger partial charge in [-0.25, -0.2) is 9.97 Å².